The fourth-order valence-electron chi connectivity index (χ4n) is 4.95. The smallest absolute Gasteiger partial charge is 0.242 e. The minimum Gasteiger partial charge on any atom is -0.354 e. The van der Waals surface area contributed by atoms with Crippen molar-refractivity contribution in [1.29, 1.82) is 0 Å². The zero-order valence-electron chi connectivity index (χ0n) is 18.0. The van der Waals surface area contributed by atoms with Gasteiger partial charge < -0.3 is 14.3 Å². The monoisotopic (exact) mass is 422 g/mol. The number of nitrogens with zero attached hydrogens (tertiary/aromatic N) is 3. The van der Waals surface area contributed by atoms with E-state index < -0.39 is 6.43 Å². The maximum atomic E-state index is 13.6. The number of fused-ring (bicyclic) bond motifs is 2. The fourth-order valence-corrected chi connectivity index (χ4v) is 4.95. The maximum absolute atomic E-state index is 13.6. The minimum atomic E-state index is -2.40. The molecule has 3 aromatic heterocycles. The first-order chi connectivity index (χ1) is 15.0. The predicted molar refractivity (Wildman–Crippen MR) is 121 cm³/mol. The summed E-state index contributed by atoms with van der Waals surface area (Å²) in [6.45, 7) is 6.66. The SMILES string of the molecule is CC(C)N1CCC(c2ccc3[nH]c(-c4ccc5nccn5c4)c(CC(F)F)c3c2)CC1. The Balaban J connectivity index is 1.54. The van der Waals surface area contributed by atoms with Gasteiger partial charge in [-0.3, -0.25) is 0 Å². The van der Waals surface area contributed by atoms with Crippen LogP contribution < -0.4 is 0 Å². The molecule has 0 spiro atoms. The van der Waals surface area contributed by atoms with Gasteiger partial charge in [0.15, 0.2) is 0 Å². The van der Waals surface area contributed by atoms with Gasteiger partial charge >= 0.3 is 0 Å². The third-order valence-electron chi connectivity index (χ3n) is 6.70. The number of piperidine rings is 1. The standard InChI is InChI=1S/C25H28F2N4/c1-16(2)30-10-7-17(8-11-30)18-3-5-22-20(13-18)21(14-23(26)27)25(29-22)19-4-6-24-28-9-12-31(24)15-19/h3-6,9,12-13,15-17,23,29H,7-8,10-11,14H2,1-2H3. The summed E-state index contributed by atoms with van der Waals surface area (Å²) in [6, 6.07) is 10.8. The third kappa shape index (κ3) is 3.85. The van der Waals surface area contributed by atoms with Gasteiger partial charge in [0.05, 0.1) is 5.69 Å². The molecule has 0 amide bonds. The highest BCUT2D eigenvalue weighted by Crippen LogP contribution is 2.36. The van der Waals surface area contributed by atoms with E-state index in [9.17, 15) is 8.78 Å². The molecule has 0 bridgehead atoms. The lowest BCUT2D eigenvalue weighted by molar-refractivity contribution is 0.149. The number of benzene rings is 1. The molecule has 1 aromatic carbocycles. The van der Waals surface area contributed by atoms with Crippen LogP contribution in [0.25, 0.3) is 27.8 Å². The maximum Gasteiger partial charge on any atom is 0.242 e. The van der Waals surface area contributed by atoms with Crippen molar-refractivity contribution >= 4 is 16.6 Å². The van der Waals surface area contributed by atoms with E-state index in [1.807, 2.05) is 28.9 Å². The van der Waals surface area contributed by atoms with Crippen LogP contribution in [0.1, 0.15) is 43.7 Å². The summed E-state index contributed by atoms with van der Waals surface area (Å²) in [5.41, 5.74) is 5.39. The molecule has 0 saturated carbocycles. The molecule has 5 rings (SSSR count). The molecule has 4 nitrogen and oxygen atoms in total. The third-order valence-corrected chi connectivity index (χ3v) is 6.70. The van der Waals surface area contributed by atoms with Crippen LogP contribution in [0.3, 0.4) is 0 Å². The van der Waals surface area contributed by atoms with E-state index in [4.69, 9.17) is 0 Å². The number of pyridine rings is 1. The molecule has 0 atom stereocenters. The van der Waals surface area contributed by atoms with Crippen molar-refractivity contribution in [2.45, 2.75) is 51.5 Å². The van der Waals surface area contributed by atoms with Crippen LogP contribution >= 0.6 is 0 Å². The molecule has 1 fully saturated rings. The van der Waals surface area contributed by atoms with Gasteiger partial charge in [0.1, 0.15) is 5.65 Å². The topological polar surface area (TPSA) is 36.3 Å². The Kier molecular flexibility index (Phi) is 5.26. The molecule has 1 saturated heterocycles. The zero-order valence-corrected chi connectivity index (χ0v) is 18.0. The van der Waals surface area contributed by atoms with Gasteiger partial charge in [-0.1, -0.05) is 6.07 Å². The van der Waals surface area contributed by atoms with Crippen molar-refractivity contribution < 1.29 is 8.78 Å². The van der Waals surface area contributed by atoms with E-state index in [2.05, 4.69) is 46.9 Å². The summed E-state index contributed by atoms with van der Waals surface area (Å²) in [5, 5.41) is 0.921. The van der Waals surface area contributed by atoms with Crippen LogP contribution in [0, 0.1) is 0 Å². The highest BCUT2D eigenvalue weighted by molar-refractivity contribution is 5.91. The molecule has 0 unspecified atom stereocenters. The normalized spacial score (nSPS) is 16.3. The Hall–Kier alpha value is -2.73. The van der Waals surface area contributed by atoms with Gasteiger partial charge in [-0.15, -0.1) is 0 Å². The number of hydrogen-bond donors (Lipinski definition) is 1. The van der Waals surface area contributed by atoms with Gasteiger partial charge in [0.2, 0.25) is 6.43 Å². The number of hydrogen-bond acceptors (Lipinski definition) is 2. The van der Waals surface area contributed by atoms with Crippen LogP contribution in [0.4, 0.5) is 8.78 Å². The van der Waals surface area contributed by atoms with Gasteiger partial charge in [0.25, 0.3) is 0 Å². The summed E-state index contributed by atoms with van der Waals surface area (Å²) < 4.78 is 29.0. The first-order valence-corrected chi connectivity index (χ1v) is 11.1. The molecule has 1 aliphatic rings. The van der Waals surface area contributed by atoms with Crippen molar-refractivity contribution in [2.75, 3.05) is 13.1 Å². The molecule has 4 heterocycles. The predicted octanol–water partition coefficient (Wildman–Crippen LogP) is 5.88. The largest absolute Gasteiger partial charge is 0.354 e. The second-order valence-electron chi connectivity index (χ2n) is 8.89. The Morgan fingerprint density at radius 1 is 1.13 bits per heavy atom. The van der Waals surface area contributed by atoms with Crippen molar-refractivity contribution in [2.24, 2.45) is 0 Å². The zero-order chi connectivity index (χ0) is 21.5. The van der Waals surface area contributed by atoms with Crippen molar-refractivity contribution in [3.05, 3.63) is 60.0 Å². The van der Waals surface area contributed by atoms with Gasteiger partial charge in [-0.05, 0) is 81.1 Å². The quantitative estimate of drug-likeness (QED) is 0.436. The number of aromatic amines is 1. The second kappa shape index (κ2) is 8.08. The highest BCUT2D eigenvalue weighted by atomic mass is 19.3. The van der Waals surface area contributed by atoms with Crippen LogP contribution in [0.15, 0.2) is 48.9 Å². The van der Waals surface area contributed by atoms with Crippen molar-refractivity contribution in [3.63, 3.8) is 0 Å². The van der Waals surface area contributed by atoms with Gasteiger partial charge in [-0.2, -0.15) is 0 Å². The van der Waals surface area contributed by atoms with E-state index >= 15 is 0 Å². The van der Waals surface area contributed by atoms with E-state index in [-0.39, 0.29) is 6.42 Å². The Morgan fingerprint density at radius 2 is 1.94 bits per heavy atom. The molecular weight excluding hydrogens is 394 g/mol. The Bertz CT molecular complexity index is 1200. The summed E-state index contributed by atoms with van der Waals surface area (Å²) in [5.74, 6) is 0.486. The van der Waals surface area contributed by atoms with Crippen molar-refractivity contribution in [1.82, 2.24) is 19.3 Å². The van der Waals surface area contributed by atoms with E-state index in [0.29, 0.717) is 17.5 Å². The number of nitrogens with one attached hydrogen (secondary N) is 1. The molecule has 4 aromatic rings. The van der Waals surface area contributed by atoms with Crippen LogP contribution in [0.2, 0.25) is 0 Å². The Morgan fingerprint density at radius 3 is 2.68 bits per heavy atom. The number of alkyl halides is 2. The first-order valence-electron chi connectivity index (χ1n) is 11.1. The number of rotatable bonds is 5. The lowest BCUT2D eigenvalue weighted by atomic mass is 9.88. The molecular formula is C25H28F2N4. The van der Waals surface area contributed by atoms with E-state index in [0.717, 1.165) is 53.7 Å². The molecule has 6 heteroatoms. The average Bonchev–Trinajstić information content (AvgIpc) is 3.37. The number of imidazole rings is 1. The number of halogens is 2. The Labute approximate surface area is 180 Å². The lowest BCUT2D eigenvalue weighted by Gasteiger charge is -2.34. The van der Waals surface area contributed by atoms with E-state index in [1.54, 1.807) is 6.20 Å². The van der Waals surface area contributed by atoms with Crippen LogP contribution in [-0.4, -0.2) is 44.8 Å². The molecule has 0 radical (unpaired) electrons. The highest BCUT2D eigenvalue weighted by Gasteiger charge is 2.24. The second-order valence-corrected chi connectivity index (χ2v) is 8.89. The lowest BCUT2D eigenvalue weighted by Crippen LogP contribution is -2.37. The number of likely N-dealkylation sites (tertiary alicyclic amines) is 1. The number of aromatic nitrogens is 3. The van der Waals surface area contributed by atoms with Crippen LogP contribution in [-0.2, 0) is 6.42 Å². The van der Waals surface area contributed by atoms with Gasteiger partial charge in [0, 0.05) is 47.5 Å². The molecule has 162 valence electrons. The van der Waals surface area contributed by atoms with Gasteiger partial charge in [-0.25, -0.2) is 13.8 Å². The fraction of sp³-hybridized carbons (Fsp3) is 0.400. The summed E-state index contributed by atoms with van der Waals surface area (Å²) in [7, 11) is 0. The first kappa shape index (κ1) is 20.2. The average molecular weight is 423 g/mol. The molecule has 0 aliphatic carbocycles. The molecule has 1 aliphatic heterocycles. The summed E-state index contributed by atoms with van der Waals surface area (Å²) >= 11 is 0. The molecule has 31 heavy (non-hydrogen) atoms. The summed E-state index contributed by atoms with van der Waals surface area (Å²) in [4.78, 5) is 10.2. The molecule has 1 N–H and O–H groups in total. The number of H-pyrrole nitrogens is 1. The summed E-state index contributed by atoms with van der Waals surface area (Å²) in [6.07, 6.45) is 5.13. The van der Waals surface area contributed by atoms with E-state index in [1.165, 1.54) is 5.56 Å². The van der Waals surface area contributed by atoms with Crippen molar-refractivity contribution in [3.8, 4) is 11.3 Å². The van der Waals surface area contributed by atoms with Crippen LogP contribution in [0.5, 0.6) is 0 Å². The minimum absolute atomic E-state index is 0.257.